The standard InChI is InChI=1S/C18H14O2/c1-20-17-11-5-8-14(12-19)18(17)16-10-4-7-13-6-2-3-9-15(13)16/h2-12H,1H3. The Bertz CT molecular complexity index is 770. The summed E-state index contributed by atoms with van der Waals surface area (Å²) in [6, 6.07) is 19.7. The molecule has 0 fully saturated rings. The van der Waals surface area contributed by atoms with Crippen molar-refractivity contribution in [3.63, 3.8) is 0 Å². The van der Waals surface area contributed by atoms with Gasteiger partial charge in [0.1, 0.15) is 5.75 Å². The molecule has 0 radical (unpaired) electrons. The number of ether oxygens (including phenoxy) is 1. The van der Waals surface area contributed by atoms with Crippen LogP contribution < -0.4 is 4.74 Å². The Kier molecular flexibility index (Phi) is 3.21. The maximum Gasteiger partial charge on any atom is 0.150 e. The molecule has 0 N–H and O–H groups in total. The minimum absolute atomic E-state index is 0.640. The lowest BCUT2D eigenvalue weighted by atomic mass is 9.94. The van der Waals surface area contributed by atoms with Crippen LogP contribution in [0.4, 0.5) is 0 Å². The highest BCUT2D eigenvalue weighted by molar-refractivity contribution is 6.02. The third-order valence-electron chi connectivity index (χ3n) is 3.46. The molecular weight excluding hydrogens is 248 g/mol. The van der Waals surface area contributed by atoms with Crippen molar-refractivity contribution in [1.29, 1.82) is 0 Å². The summed E-state index contributed by atoms with van der Waals surface area (Å²) in [5, 5.41) is 2.26. The number of carbonyl (C=O) groups excluding carboxylic acids is 1. The molecule has 0 heterocycles. The van der Waals surface area contributed by atoms with Crippen LogP contribution in [0.3, 0.4) is 0 Å². The first-order valence-corrected chi connectivity index (χ1v) is 6.45. The van der Waals surface area contributed by atoms with Crippen molar-refractivity contribution in [1.82, 2.24) is 0 Å². The Balaban J connectivity index is 2.39. The minimum Gasteiger partial charge on any atom is -0.496 e. The SMILES string of the molecule is COc1cccc(C=O)c1-c1cccc2ccccc12. The van der Waals surface area contributed by atoms with E-state index in [2.05, 4.69) is 18.2 Å². The average molecular weight is 262 g/mol. The van der Waals surface area contributed by atoms with E-state index in [0.29, 0.717) is 11.3 Å². The van der Waals surface area contributed by atoms with E-state index in [4.69, 9.17) is 4.74 Å². The number of fused-ring (bicyclic) bond motifs is 1. The van der Waals surface area contributed by atoms with Gasteiger partial charge in [0.15, 0.2) is 6.29 Å². The van der Waals surface area contributed by atoms with Crippen LogP contribution in [-0.4, -0.2) is 13.4 Å². The van der Waals surface area contributed by atoms with E-state index in [0.717, 1.165) is 28.2 Å². The first-order valence-electron chi connectivity index (χ1n) is 6.45. The first-order chi connectivity index (χ1) is 9.85. The largest absolute Gasteiger partial charge is 0.496 e. The van der Waals surface area contributed by atoms with Crippen molar-refractivity contribution in [2.24, 2.45) is 0 Å². The second-order valence-corrected chi connectivity index (χ2v) is 4.57. The minimum atomic E-state index is 0.640. The van der Waals surface area contributed by atoms with Gasteiger partial charge in [-0.25, -0.2) is 0 Å². The Hall–Kier alpha value is -2.61. The Morgan fingerprint density at radius 2 is 1.65 bits per heavy atom. The molecule has 0 bridgehead atoms. The van der Waals surface area contributed by atoms with E-state index >= 15 is 0 Å². The summed E-state index contributed by atoms with van der Waals surface area (Å²) >= 11 is 0. The van der Waals surface area contributed by atoms with Gasteiger partial charge in [-0.15, -0.1) is 0 Å². The molecule has 0 amide bonds. The van der Waals surface area contributed by atoms with Gasteiger partial charge in [-0.05, 0) is 22.4 Å². The summed E-state index contributed by atoms with van der Waals surface area (Å²) in [5.74, 6) is 0.714. The summed E-state index contributed by atoms with van der Waals surface area (Å²) in [6.45, 7) is 0. The molecule has 2 nitrogen and oxygen atoms in total. The van der Waals surface area contributed by atoms with Crippen molar-refractivity contribution >= 4 is 17.1 Å². The van der Waals surface area contributed by atoms with Crippen molar-refractivity contribution in [3.8, 4) is 16.9 Å². The van der Waals surface area contributed by atoms with Gasteiger partial charge in [-0.2, -0.15) is 0 Å². The summed E-state index contributed by atoms with van der Waals surface area (Å²) in [6.07, 6.45) is 0.875. The van der Waals surface area contributed by atoms with E-state index in [1.165, 1.54) is 0 Å². The number of carbonyl (C=O) groups is 1. The molecule has 3 aromatic rings. The molecule has 0 aliphatic carbocycles. The fourth-order valence-electron chi connectivity index (χ4n) is 2.55. The Labute approximate surface area is 117 Å². The fourth-order valence-corrected chi connectivity index (χ4v) is 2.55. The zero-order chi connectivity index (χ0) is 13.9. The highest BCUT2D eigenvalue weighted by atomic mass is 16.5. The quantitative estimate of drug-likeness (QED) is 0.657. The van der Waals surface area contributed by atoms with Gasteiger partial charge in [0.2, 0.25) is 0 Å². The Morgan fingerprint density at radius 1 is 0.900 bits per heavy atom. The molecule has 20 heavy (non-hydrogen) atoms. The number of hydrogen-bond acceptors (Lipinski definition) is 2. The van der Waals surface area contributed by atoms with E-state index in [1.807, 2.05) is 42.5 Å². The number of benzene rings is 3. The number of methoxy groups -OCH3 is 1. The predicted octanol–water partition coefficient (Wildman–Crippen LogP) is 4.33. The summed E-state index contributed by atoms with van der Waals surface area (Å²) in [7, 11) is 1.62. The van der Waals surface area contributed by atoms with Crippen LogP contribution in [0.15, 0.2) is 60.7 Å². The molecule has 0 unspecified atom stereocenters. The smallest absolute Gasteiger partial charge is 0.150 e. The van der Waals surface area contributed by atoms with Crippen LogP contribution in [-0.2, 0) is 0 Å². The molecule has 3 aromatic carbocycles. The molecular formula is C18H14O2. The van der Waals surface area contributed by atoms with E-state index in [1.54, 1.807) is 7.11 Å². The van der Waals surface area contributed by atoms with Crippen LogP contribution in [0.2, 0.25) is 0 Å². The second-order valence-electron chi connectivity index (χ2n) is 4.57. The monoisotopic (exact) mass is 262 g/mol. The molecule has 2 heteroatoms. The summed E-state index contributed by atoms with van der Waals surface area (Å²) in [5.41, 5.74) is 2.50. The summed E-state index contributed by atoms with van der Waals surface area (Å²) < 4.78 is 5.43. The molecule has 0 aliphatic heterocycles. The summed E-state index contributed by atoms with van der Waals surface area (Å²) in [4.78, 5) is 11.3. The number of rotatable bonds is 3. The van der Waals surface area contributed by atoms with Gasteiger partial charge in [0.05, 0.1) is 7.11 Å². The van der Waals surface area contributed by atoms with Crippen LogP contribution in [0.1, 0.15) is 10.4 Å². The molecule has 0 aromatic heterocycles. The molecule has 0 atom stereocenters. The van der Waals surface area contributed by atoms with Gasteiger partial charge in [0.25, 0.3) is 0 Å². The van der Waals surface area contributed by atoms with Crippen LogP contribution in [0, 0.1) is 0 Å². The van der Waals surface area contributed by atoms with Crippen molar-refractivity contribution in [3.05, 3.63) is 66.2 Å². The topological polar surface area (TPSA) is 26.3 Å². The van der Waals surface area contributed by atoms with Crippen molar-refractivity contribution in [2.75, 3.05) is 7.11 Å². The Morgan fingerprint density at radius 3 is 2.45 bits per heavy atom. The average Bonchev–Trinajstić information content (AvgIpc) is 2.53. The van der Waals surface area contributed by atoms with Crippen molar-refractivity contribution in [2.45, 2.75) is 0 Å². The van der Waals surface area contributed by atoms with Crippen molar-refractivity contribution < 1.29 is 9.53 Å². The van der Waals surface area contributed by atoms with E-state index in [9.17, 15) is 4.79 Å². The maximum absolute atomic E-state index is 11.3. The van der Waals surface area contributed by atoms with Gasteiger partial charge in [0, 0.05) is 11.1 Å². The molecule has 3 rings (SSSR count). The predicted molar refractivity (Wildman–Crippen MR) is 81.3 cm³/mol. The van der Waals surface area contributed by atoms with E-state index in [-0.39, 0.29) is 0 Å². The van der Waals surface area contributed by atoms with Gasteiger partial charge < -0.3 is 4.74 Å². The van der Waals surface area contributed by atoms with Crippen LogP contribution >= 0.6 is 0 Å². The lowest BCUT2D eigenvalue weighted by Crippen LogP contribution is -1.94. The van der Waals surface area contributed by atoms with Crippen LogP contribution in [0.25, 0.3) is 21.9 Å². The van der Waals surface area contributed by atoms with E-state index < -0.39 is 0 Å². The zero-order valence-corrected chi connectivity index (χ0v) is 11.2. The normalized spacial score (nSPS) is 10.4. The highest BCUT2D eigenvalue weighted by Crippen LogP contribution is 2.36. The van der Waals surface area contributed by atoms with Crippen LogP contribution in [0.5, 0.6) is 5.75 Å². The first kappa shape index (κ1) is 12.4. The fraction of sp³-hybridized carbons (Fsp3) is 0.0556. The molecule has 0 saturated heterocycles. The third-order valence-corrected chi connectivity index (χ3v) is 3.46. The zero-order valence-electron chi connectivity index (χ0n) is 11.2. The van der Waals surface area contributed by atoms with Gasteiger partial charge in [-0.1, -0.05) is 54.6 Å². The number of aldehydes is 1. The second kappa shape index (κ2) is 5.17. The molecule has 0 spiro atoms. The highest BCUT2D eigenvalue weighted by Gasteiger charge is 2.13. The lowest BCUT2D eigenvalue weighted by molar-refractivity contribution is 0.112. The number of hydrogen-bond donors (Lipinski definition) is 0. The van der Waals surface area contributed by atoms with Gasteiger partial charge >= 0.3 is 0 Å². The molecule has 0 aliphatic rings. The molecule has 0 saturated carbocycles. The molecule has 98 valence electrons. The van der Waals surface area contributed by atoms with Gasteiger partial charge in [-0.3, -0.25) is 4.79 Å². The third kappa shape index (κ3) is 1.95. The lowest BCUT2D eigenvalue weighted by Gasteiger charge is -2.13. The maximum atomic E-state index is 11.3.